The van der Waals surface area contributed by atoms with E-state index in [4.69, 9.17) is 0 Å². The van der Waals surface area contributed by atoms with Gasteiger partial charge in [0.1, 0.15) is 0 Å². The van der Waals surface area contributed by atoms with Gasteiger partial charge in [-0.1, -0.05) is 13.3 Å². The fourth-order valence-electron chi connectivity index (χ4n) is 1.88. The van der Waals surface area contributed by atoms with Crippen LogP contribution in [0.2, 0.25) is 0 Å². The Kier molecular flexibility index (Phi) is 4.32. The van der Waals surface area contributed by atoms with E-state index in [2.05, 4.69) is 17.2 Å². The summed E-state index contributed by atoms with van der Waals surface area (Å²) < 4.78 is 41.1. The second kappa shape index (κ2) is 5.98. The SMILES string of the molecule is CCCCNc1nc(C)cn1-c1cc(F)c(F)c(F)c1. The van der Waals surface area contributed by atoms with Crippen molar-refractivity contribution in [1.29, 1.82) is 0 Å². The molecule has 0 radical (unpaired) electrons. The first-order valence-corrected chi connectivity index (χ1v) is 6.47. The Hall–Kier alpha value is -1.98. The molecule has 0 fully saturated rings. The number of aryl methyl sites for hydroxylation is 1. The number of halogens is 3. The molecule has 3 nitrogen and oxygen atoms in total. The summed E-state index contributed by atoms with van der Waals surface area (Å²) in [6.45, 7) is 4.54. The molecule has 1 aromatic heterocycles. The molecule has 0 aliphatic rings. The van der Waals surface area contributed by atoms with Crippen molar-refractivity contribution in [1.82, 2.24) is 9.55 Å². The zero-order valence-electron chi connectivity index (χ0n) is 11.4. The van der Waals surface area contributed by atoms with Gasteiger partial charge in [-0.05, 0) is 13.3 Å². The Morgan fingerprint density at radius 1 is 1.20 bits per heavy atom. The van der Waals surface area contributed by atoms with Crippen LogP contribution in [-0.4, -0.2) is 16.1 Å². The number of nitrogens with one attached hydrogen (secondary N) is 1. The molecule has 20 heavy (non-hydrogen) atoms. The Morgan fingerprint density at radius 2 is 1.85 bits per heavy atom. The highest BCUT2D eigenvalue weighted by atomic mass is 19.2. The van der Waals surface area contributed by atoms with Gasteiger partial charge in [-0.25, -0.2) is 18.2 Å². The molecule has 0 atom stereocenters. The highest BCUT2D eigenvalue weighted by molar-refractivity contribution is 5.43. The molecule has 1 aromatic carbocycles. The summed E-state index contributed by atoms with van der Waals surface area (Å²) in [6.07, 6.45) is 3.62. The number of unbranched alkanes of at least 4 members (excludes halogenated alkanes) is 1. The number of benzene rings is 1. The first-order chi connectivity index (χ1) is 9.52. The predicted octanol–water partition coefficient (Wildman–Crippen LogP) is 3.81. The number of rotatable bonds is 5. The Balaban J connectivity index is 2.37. The lowest BCUT2D eigenvalue weighted by Crippen LogP contribution is -2.08. The molecule has 108 valence electrons. The average Bonchev–Trinajstić information content (AvgIpc) is 2.77. The summed E-state index contributed by atoms with van der Waals surface area (Å²) in [5, 5.41) is 3.10. The standard InChI is InChI=1S/C14H16F3N3/c1-3-4-5-18-14-19-9(2)8-20(14)10-6-11(15)13(17)12(16)7-10/h6-8H,3-5H2,1-2H3,(H,18,19). The maximum atomic E-state index is 13.3. The van der Waals surface area contributed by atoms with Crippen molar-refractivity contribution >= 4 is 5.95 Å². The van der Waals surface area contributed by atoms with Crippen molar-refractivity contribution in [3.8, 4) is 5.69 Å². The highest BCUT2D eigenvalue weighted by Gasteiger charge is 2.14. The van der Waals surface area contributed by atoms with Gasteiger partial charge < -0.3 is 5.32 Å². The van der Waals surface area contributed by atoms with E-state index in [-0.39, 0.29) is 5.69 Å². The van der Waals surface area contributed by atoms with Gasteiger partial charge in [-0.15, -0.1) is 0 Å². The monoisotopic (exact) mass is 283 g/mol. The lowest BCUT2D eigenvalue weighted by Gasteiger charge is -2.10. The predicted molar refractivity (Wildman–Crippen MR) is 71.6 cm³/mol. The summed E-state index contributed by atoms with van der Waals surface area (Å²) in [6, 6.07) is 1.90. The van der Waals surface area contributed by atoms with Gasteiger partial charge in [0.05, 0.1) is 11.4 Å². The third kappa shape index (κ3) is 2.95. The van der Waals surface area contributed by atoms with Crippen LogP contribution in [-0.2, 0) is 0 Å². The first kappa shape index (κ1) is 14.4. The summed E-state index contributed by atoms with van der Waals surface area (Å²) in [7, 11) is 0. The van der Waals surface area contributed by atoms with Crippen LogP contribution in [0.4, 0.5) is 19.1 Å². The normalized spacial score (nSPS) is 10.8. The van der Waals surface area contributed by atoms with E-state index >= 15 is 0 Å². The number of anilines is 1. The molecule has 0 spiro atoms. The summed E-state index contributed by atoms with van der Waals surface area (Å²) in [5.41, 5.74) is 0.898. The maximum absolute atomic E-state index is 13.3. The van der Waals surface area contributed by atoms with Crippen LogP contribution in [0.15, 0.2) is 18.3 Å². The smallest absolute Gasteiger partial charge is 0.207 e. The van der Waals surface area contributed by atoms with Crippen molar-refractivity contribution in [2.75, 3.05) is 11.9 Å². The van der Waals surface area contributed by atoms with Crippen LogP contribution in [0.3, 0.4) is 0 Å². The summed E-state index contributed by atoms with van der Waals surface area (Å²) in [4.78, 5) is 4.25. The zero-order chi connectivity index (χ0) is 14.7. The topological polar surface area (TPSA) is 29.9 Å². The minimum Gasteiger partial charge on any atom is -0.355 e. The lowest BCUT2D eigenvalue weighted by molar-refractivity contribution is 0.446. The van der Waals surface area contributed by atoms with Crippen LogP contribution in [0.5, 0.6) is 0 Å². The number of hydrogen-bond donors (Lipinski definition) is 1. The van der Waals surface area contributed by atoms with Crippen LogP contribution in [0, 0.1) is 24.4 Å². The molecule has 0 aliphatic heterocycles. The van der Waals surface area contributed by atoms with Gasteiger partial charge in [0, 0.05) is 24.9 Å². The molecule has 1 N–H and O–H groups in total. The zero-order valence-corrected chi connectivity index (χ0v) is 11.4. The van der Waals surface area contributed by atoms with Gasteiger partial charge >= 0.3 is 0 Å². The van der Waals surface area contributed by atoms with Crippen LogP contribution >= 0.6 is 0 Å². The Bertz CT molecular complexity index is 585. The van der Waals surface area contributed by atoms with Crippen LogP contribution in [0.1, 0.15) is 25.5 Å². The highest BCUT2D eigenvalue weighted by Crippen LogP contribution is 2.21. The third-order valence-corrected chi connectivity index (χ3v) is 2.89. The molecule has 0 saturated carbocycles. The van der Waals surface area contributed by atoms with Gasteiger partial charge in [0.2, 0.25) is 5.95 Å². The summed E-state index contributed by atoms with van der Waals surface area (Å²) in [5.74, 6) is -3.41. The fourth-order valence-corrected chi connectivity index (χ4v) is 1.88. The molecule has 0 unspecified atom stereocenters. The third-order valence-electron chi connectivity index (χ3n) is 2.89. The number of aromatic nitrogens is 2. The van der Waals surface area contributed by atoms with Gasteiger partial charge in [-0.2, -0.15) is 0 Å². The molecule has 6 heteroatoms. The largest absolute Gasteiger partial charge is 0.355 e. The molecule has 0 amide bonds. The summed E-state index contributed by atoms with van der Waals surface area (Å²) >= 11 is 0. The Labute approximate surface area is 115 Å². The minimum atomic E-state index is -1.47. The molecular weight excluding hydrogens is 267 g/mol. The number of hydrogen-bond acceptors (Lipinski definition) is 2. The van der Waals surface area contributed by atoms with Gasteiger partial charge in [-0.3, -0.25) is 4.57 Å². The molecule has 2 rings (SSSR count). The quantitative estimate of drug-likeness (QED) is 0.668. The van der Waals surface area contributed by atoms with Crippen molar-refractivity contribution in [3.05, 3.63) is 41.5 Å². The van der Waals surface area contributed by atoms with E-state index in [0.29, 0.717) is 18.2 Å². The van der Waals surface area contributed by atoms with Crippen molar-refractivity contribution < 1.29 is 13.2 Å². The number of nitrogens with zero attached hydrogens (tertiary/aromatic N) is 2. The lowest BCUT2D eigenvalue weighted by atomic mass is 10.3. The molecular formula is C14H16F3N3. The van der Waals surface area contributed by atoms with E-state index in [1.807, 2.05) is 0 Å². The van der Waals surface area contributed by atoms with E-state index in [1.54, 1.807) is 13.1 Å². The molecule has 2 aromatic rings. The van der Waals surface area contributed by atoms with E-state index in [1.165, 1.54) is 4.57 Å². The van der Waals surface area contributed by atoms with Crippen molar-refractivity contribution in [2.45, 2.75) is 26.7 Å². The number of imidazole rings is 1. The van der Waals surface area contributed by atoms with Crippen LogP contribution < -0.4 is 5.32 Å². The molecule has 0 saturated heterocycles. The van der Waals surface area contributed by atoms with Crippen molar-refractivity contribution in [3.63, 3.8) is 0 Å². The second-order valence-corrected chi connectivity index (χ2v) is 4.58. The maximum Gasteiger partial charge on any atom is 0.207 e. The van der Waals surface area contributed by atoms with Crippen LogP contribution in [0.25, 0.3) is 5.69 Å². The minimum absolute atomic E-state index is 0.195. The average molecular weight is 283 g/mol. The first-order valence-electron chi connectivity index (χ1n) is 6.47. The fraction of sp³-hybridized carbons (Fsp3) is 0.357. The molecule has 0 aliphatic carbocycles. The van der Waals surface area contributed by atoms with E-state index in [0.717, 1.165) is 25.0 Å². The van der Waals surface area contributed by atoms with Gasteiger partial charge in [0.15, 0.2) is 17.5 Å². The molecule has 0 bridgehead atoms. The van der Waals surface area contributed by atoms with Crippen molar-refractivity contribution in [2.24, 2.45) is 0 Å². The Morgan fingerprint density at radius 3 is 2.45 bits per heavy atom. The van der Waals surface area contributed by atoms with E-state index < -0.39 is 17.5 Å². The molecule has 1 heterocycles. The van der Waals surface area contributed by atoms with E-state index in [9.17, 15) is 13.2 Å². The van der Waals surface area contributed by atoms with Gasteiger partial charge in [0.25, 0.3) is 0 Å². The second-order valence-electron chi connectivity index (χ2n) is 4.58.